The van der Waals surface area contributed by atoms with E-state index in [9.17, 15) is 13.0 Å². The Hall–Kier alpha value is -0.180. The molecule has 110 valence electrons. The molecule has 5 nitrogen and oxygen atoms in total. The Balaban J connectivity index is 2.64. The molecule has 0 aliphatic carbocycles. The van der Waals surface area contributed by atoms with E-state index >= 15 is 0 Å². The van der Waals surface area contributed by atoms with Crippen molar-refractivity contribution in [2.24, 2.45) is 0 Å². The van der Waals surface area contributed by atoms with E-state index in [0.29, 0.717) is 10.1 Å². The Morgan fingerprint density at radius 2 is 1.95 bits per heavy atom. The Labute approximate surface area is 121 Å². The van der Waals surface area contributed by atoms with Crippen molar-refractivity contribution < 1.29 is 13.0 Å². The van der Waals surface area contributed by atoms with Crippen molar-refractivity contribution in [2.45, 2.75) is 60.4 Å². The molecule has 0 bridgehead atoms. The molecule has 0 radical (unpaired) electrons. The summed E-state index contributed by atoms with van der Waals surface area (Å²) in [5.41, 5.74) is 0. The topological polar surface area (TPSA) is 83.0 Å². The number of hydrogen-bond donors (Lipinski definition) is 0. The summed E-state index contributed by atoms with van der Waals surface area (Å²) in [6, 6.07) is 0. The number of nitrogens with zero attached hydrogens (tertiary/aromatic N) is 2. The van der Waals surface area contributed by atoms with E-state index in [4.69, 9.17) is 0 Å². The van der Waals surface area contributed by atoms with Crippen LogP contribution in [0.25, 0.3) is 0 Å². The number of aromatic nitrogens is 2. The minimum absolute atomic E-state index is 0.0283. The highest BCUT2D eigenvalue weighted by Gasteiger charge is 2.27. The van der Waals surface area contributed by atoms with Crippen LogP contribution < -0.4 is 0 Å². The number of rotatable bonds is 8. The minimum Gasteiger partial charge on any atom is -0.610 e. The lowest BCUT2D eigenvalue weighted by Crippen LogP contribution is -2.13. The predicted molar refractivity (Wildman–Crippen MR) is 77.6 cm³/mol. The van der Waals surface area contributed by atoms with Gasteiger partial charge in [-0.25, -0.2) is 8.42 Å². The van der Waals surface area contributed by atoms with Crippen LogP contribution in [0.3, 0.4) is 0 Å². The van der Waals surface area contributed by atoms with Crippen LogP contribution in [0.15, 0.2) is 8.68 Å². The molecule has 1 heterocycles. The molecule has 8 heteroatoms. The van der Waals surface area contributed by atoms with Crippen molar-refractivity contribution in [3.8, 4) is 0 Å². The first-order chi connectivity index (χ1) is 8.89. The molecule has 0 N–H and O–H groups in total. The van der Waals surface area contributed by atoms with Crippen molar-refractivity contribution in [2.75, 3.05) is 5.75 Å². The van der Waals surface area contributed by atoms with Gasteiger partial charge in [0.1, 0.15) is 5.75 Å². The molecule has 1 unspecified atom stereocenters. The summed E-state index contributed by atoms with van der Waals surface area (Å²) in [6.45, 7) is 5.31. The van der Waals surface area contributed by atoms with Gasteiger partial charge in [-0.1, -0.05) is 24.9 Å². The molecule has 0 aliphatic heterocycles. The fraction of sp³-hybridized carbons (Fsp3) is 0.818. The van der Waals surface area contributed by atoms with Crippen LogP contribution in [0.1, 0.15) is 46.5 Å². The molecule has 1 atom stereocenters. The summed E-state index contributed by atoms with van der Waals surface area (Å²) in [4.78, 5) is 0. The van der Waals surface area contributed by atoms with Gasteiger partial charge in [-0.2, -0.15) is 0 Å². The maximum atomic E-state index is 11.9. The highest BCUT2D eigenvalue weighted by molar-refractivity contribution is 7.96. The summed E-state index contributed by atoms with van der Waals surface area (Å²) >= 11 is -0.304. The van der Waals surface area contributed by atoms with E-state index in [1.807, 2.05) is 0 Å². The zero-order valence-electron chi connectivity index (χ0n) is 11.5. The van der Waals surface area contributed by atoms with E-state index < -0.39 is 26.3 Å². The molecule has 0 aliphatic rings. The molecule has 1 aromatic heterocycles. The molecule has 0 aromatic carbocycles. The summed E-state index contributed by atoms with van der Waals surface area (Å²) in [6.07, 6.45) is 4.16. The smallest absolute Gasteiger partial charge is 0.322 e. The van der Waals surface area contributed by atoms with Gasteiger partial charge >= 0.3 is 4.34 Å². The average Bonchev–Trinajstić information content (AvgIpc) is 2.84. The molecule has 0 spiro atoms. The van der Waals surface area contributed by atoms with Gasteiger partial charge in [0.05, 0.1) is 5.25 Å². The molecule has 0 saturated carbocycles. The molecule has 19 heavy (non-hydrogen) atoms. The van der Waals surface area contributed by atoms with E-state index in [1.165, 1.54) is 0 Å². The largest absolute Gasteiger partial charge is 0.610 e. The van der Waals surface area contributed by atoms with Crippen LogP contribution in [-0.4, -0.2) is 34.2 Å². The van der Waals surface area contributed by atoms with Crippen molar-refractivity contribution in [1.82, 2.24) is 10.2 Å². The fourth-order valence-electron chi connectivity index (χ4n) is 1.35. The molecular weight excluding hydrogens is 304 g/mol. The van der Waals surface area contributed by atoms with E-state index in [0.717, 1.165) is 37.0 Å². The summed E-state index contributed by atoms with van der Waals surface area (Å²) in [5.74, 6) is 0.524. The molecule has 0 fully saturated rings. The first kappa shape index (κ1) is 16.9. The lowest BCUT2D eigenvalue weighted by molar-refractivity contribution is 0.582. The zero-order valence-corrected chi connectivity index (χ0v) is 13.9. The first-order valence-corrected chi connectivity index (χ1v) is 10.0. The normalized spacial score (nSPS) is 13.9. The van der Waals surface area contributed by atoms with Crippen LogP contribution in [0.2, 0.25) is 0 Å². The molecule has 1 rings (SSSR count). The lowest BCUT2D eigenvalue weighted by Gasteiger charge is -2.05. The Bertz CT molecular complexity index is 485. The zero-order chi connectivity index (χ0) is 14.5. The average molecular weight is 324 g/mol. The van der Waals surface area contributed by atoms with Crippen molar-refractivity contribution in [3.63, 3.8) is 0 Å². The molecular formula is C11H20N2O3S3. The second-order valence-electron chi connectivity index (χ2n) is 4.54. The number of sulfone groups is 1. The molecule has 0 saturated heterocycles. The van der Waals surface area contributed by atoms with E-state index in [2.05, 4.69) is 17.1 Å². The van der Waals surface area contributed by atoms with Crippen LogP contribution in [0.5, 0.6) is 0 Å². The summed E-state index contributed by atoms with van der Waals surface area (Å²) in [5, 5.41) is 6.88. The minimum atomic E-state index is -3.41. The molecule has 1 aromatic rings. The summed E-state index contributed by atoms with van der Waals surface area (Å²) in [7, 11) is -3.41. The van der Waals surface area contributed by atoms with Gasteiger partial charge in [0.25, 0.3) is 0 Å². The van der Waals surface area contributed by atoms with Crippen LogP contribution >= 0.6 is 11.3 Å². The Morgan fingerprint density at radius 3 is 2.53 bits per heavy atom. The second kappa shape index (κ2) is 7.56. The van der Waals surface area contributed by atoms with Crippen LogP contribution in [0.4, 0.5) is 0 Å². The van der Waals surface area contributed by atoms with Crippen LogP contribution in [0, 0.1) is 0 Å². The highest BCUT2D eigenvalue weighted by atomic mass is 32.3. The van der Waals surface area contributed by atoms with Gasteiger partial charge in [-0.05, 0) is 38.0 Å². The van der Waals surface area contributed by atoms with E-state index in [1.54, 1.807) is 13.8 Å². The third-order valence-corrected chi connectivity index (χ3v) is 7.84. The fourth-order valence-corrected chi connectivity index (χ4v) is 5.29. The number of unbranched alkanes of at least 4 members (excludes halogenated alkanes) is 3. The van der Waals surface area contributed by atoms with Gasteiger partial charge in [0, 0.05) is 11.2 Å². The third-order valence-electron chi connectivity index (χ3n) is 2.63. The second-order valence-corrected chi connectivity index (χ2v) is 9.94. The SMILES string of the molecule is CCCCCC[S+]([O-])c1nnc(S(=O)(=O)C(C)C)s1. The summed E-state index contributed by atoms with van der Waals surface area (Å²) < 4.78 is 36.0. The standard InChI is InChI=1S/C11H20N2O3S3/c1-4-5-6-7-8-18(14)10-12-13-11(17-10)19(15,16)9(2)3/h9H,4-8H2,1-3H3. The van der Waals surface area contributed by atoms with Gasteiger partial charge in [0.2, 0.25) is 14.2 Å². The van der Waals surface area contributed by atoms with Gasteiger partial charge in [-0.15, -0.1) is 5.10 Å². The van der Waals surface area contributed by atoms with Crippen LogP contribution in [-0.2, 0) is 21.0 Å². The van der Waals surface area contributed by atoms with Gasteiger partial charge < -0.3 is 4.55 Å². The number of hydrogen-bond acceptors (Lipinski definition) is 6. The predicted octanol–water partition coefficient (Wildman–Crippen LogP) is 2.41. The molecule has 0 amide bonds. The Morgan fingerprint density at radius 1 is 1.26 bits per heavy atom. The van der Waals surface area contributed by atoms with Gasteiger partial charge in [-0.3, -0.25) is 0 Å². The van der Waals surface area contributed by atoms with E-state index in [-0.39, 0.29) is 4.34 Å². The van der Waals surface area contributed by atoms with Gasteiger partial charge in [0.15, 0.2) is 0 Å². The first-order valence-electron chi connectivity index (χ1n) is 6.35. The van der Waals surface area contributed by atoms with Crippen molar-refractivity contribution >= 4 is 32.3 Å². The maximum absolute atomic E-state index is 11.9. The highest BCUT2D eigenvalue weighted by Crippen LogP contribution is 2.24. The third kappa shape index (κ3) is 4.70. The maximum Gasteiger partial charge on any atom is 0.322 e. The quantitative estimate of drug-likeness (QED) is 0.541. The monoisotopic (exact) mass is 324 g/mol. The van der Waals surface area contributed by atoms with Crippen molar-refractivity contribution in [3.05, 3.63) is 0 Å². The van der Waals surface area contributed by atoms with Crippen molar-refractivity contribution in [1.29, 1.82) is 0 Å². The lowest BCUT2D eigenvalue weighted by atomic mass is 10.2. The Kier molecular flexibility index (Phi) is 6.72.